The van der Waals surface area contributed by atoms with E-state index >= 15 is 0 Å². The molecule has 0 aliphatic heterocycles. The van der Waals surface area contributed by atoms with Crippen LogP contribution in [0.3, 0.4) is 0 Å². The first-order chi connectivity index (χ1) is 11.7. The van der Waals surface area contributed by atoms with E-state index in [1.54, 1.807) is 0 Å². The minimum atomic E-state index is -0.381. The molecule has 1 aromatic carbocycles. The van der Waals surface area contributed by atoms with E-state index in [1.807, 2.05) is 22.9 Å². The second-order valence-electron chi connectivity index (χ2n) is 6.80. The lowest BCUT2D eigenvalue weighted by atomic mass is 9.80. The fraction of sp³-hybridized carbons (Fsp3) is 0.526. The molecular formula is C19H26N4O. The van der Waals surface area contributed by atoms with Crippen LogP contribution in [-0.2, 0) is 17.8 Å². The van der Waals surface area contributed by atoms with Gasteiger partial charge in [0.1, 0.15) is 5.82 Å². The highest BCUT2D eigenvalue weighted by molar-refractivity contribution is 5.75. The number of nitrogens with two attached hydrogens (primary N) is 1. The van der Waals surface area contributed by atoms with Crippen LogP contribution in [-0.4, -0.2) is 20.7 Å². The second-order valence-corrected chi connectivity index (χ2v) is 6.80. The van der Waals surface area contributed by atoms with Crippen molar-refractivity contribution >= 4 is 5.91 Å². The first-order valence-corrected chi connectivity index (χ1v) is 8.91. The summed E-state index contributed by atoms with van der Waals surface area (Å²) in [4.78, 5) is 15.9. The molecule has 128 valence electrons. The molecule has 24 heavy (non-hydrogen) atoms. The minimum absolute atomic E-state index is 0.110. The first-order valence-electron chi connectivity index (χ1n) is 8.91. The fourth-order valence-electron chi connectivity index (χ4n) is 3.64. The normalized spacial score (nSPS) is 20.9. The van der Waals surface area contributed by atoms with E-state index < -0.39 is 0 Å². The molecule has 0 unspecified atom stereocenters. The molecule has 1 heterocycles. The van der Waals surface area contributed by atoms with Crippen molar-refractivity contribution in [3.05, 3.63) is 47.5 Å². The van der Waals surface area contributed by atoms with Gasteiger partial charge in [0.25, 0.3) is 0 Å². The van der Waals surface area contributed by atoms with Gasteiger partial charge in [-0.1, -0.05) is 43.7 Å². The van der Waals surface area contributed by atoms with Crippen LogP contribution in [0.4, 0.5) is 0 Å². The molecule has 1 amide bonds. The highest BCUT2D eigenvalue weighted by Gasteiger charge is 2.26. The predicted molar refractivity (Wildman–Crippen MR) is 93.5 cm³/mol. The van der Waals surface area contributed by atoms with Crippen molar-refractivity contribution < 1.29 is 4.79 Å². The topological polar surface area (TPSA) is 73.8 Å². The Bertz CT molecular complexity index is 672. The Labute approximate surface area is 143 Å². The van der Waals surface area contributed by atoms with E-state index in [-0.39, 0.29) is 12.3 Å². The van der Waals surface area contributed by atoms with Gasteiger partial charge >= 0.3 is 0 Å². The lowest BCUT2D eigenvalue weighted by Gasteiger charge is -2.27. The molecule has 1 aliphatic carbocycles. The minimum Gasteiger partial charge on any atom is -0.369 e. The van der Waals surface area contributed by atoms with Crippen LogP contribution in [0.5, 0.6) is 0 Å². The zero-order valence-electron chi connectivity index (χ0n) is 14.3. The van der Waals surface area contributed by atoms with Gasteiger partial charge in [-0.25, -0.2) is 9.67 Å². The van der Waals surface area contributed by atoms with Gasteiger partial charge < -0.3 is 5.73 Å². The zero-order chi connectivity index (χ0) is 16.9. The maximum absolute atomic E-state index is 11.2. The van der Waals surface area contributed by atoms with Gasteiger partial charge in [-0.2, -0.15) is 5.10 Å². The predicted octanol–water partition coefficient (Wildman–Crippen LogP) is 3.04. The van der Waals surface area contributed by atoms with E-state index in [0.29, 0.717) is 18.3 Å². The van der Waals surface area contributed by atoms with E-state index in [9.17, 15) is 4.79 Å². The summed E-state index contributed by atoms with van der Waals surface area (Å²) in [5.74, 6) is 2.46. The van der Waals surface area contributed by atoms with Crippen LogP contribution in [0.15, 0.2) is 30.3 Å². The molecule has 5 heteroatoms. The summed E-state index contributed by atoms with van der Waals surface area (Å²) in [6, 6.07) is 10.3. The van der Waals surface area contributed by atoms with Gasteiger partial charge in [0.2, 0.25) is 5.91 Å². The largest absolute Gasteiger partial charge is 0.369 e. The quantitative estimate of drug-likeness (QED) is 0.886. The van der Waals surface area contributed by atoms with Crippen molar-refractivity contribution in [1.82, 2.24) is 14.8 Å². The molecule has 1 fully saturated rings. The van der Waals surface area contributed by atoms with Crippen molar-refractivity contribution in [2.45, 2.75) is 57.9 Å². The molecule has 3 rings (SSSR count). The third-order valence-electron chi connectivity index (χ3n) is 5.04. The molecule has 2 N–H and O–H groups in total. The molecule has 0 spiro atoms. The molecule has 1 aliphatic rings. The van der Waals surface area contributed by atoms with Crippen LogP contribution >= 0.6 is 0 Å². The smallest absolute Gasteiger partial charge is 0.225 e. The second kappa shape index (κ2) is 7.60. The molecule has 5 nitrogen and oxygen atoms in total. The SMILES string of the molecule is CCC1CCC(c2nc(CC(N)=O)nn2Cc2ccccc2)CC1. The third-order valence-corrected chi connectivity index (χ3v) is 5.04. The Morgan fingerprint density at radius 2 is 1.92 bits per heavy atom. The summed E-state index contributed by atoms with van der Waals surface area (Å²) in [5.41, 5.74) is 6.51. The van der Waals surface area contributed by atoms with Gasteiger partial charge in [-0.05, 0) is 37.2 Å². The molecule has 2 aromatic rings. The standard InChI is InChI=1S/C19H26N4O/c1-2-14-8-10-16(11-9-14)19-21-18(12-17(20)24)22-23(19)13-15-6-4-3-5-7-15/h3-7,14,16H,2,8-13H2,1H3,(H2,20,24). The van der Waals surface area contributed by atoms with Crippen molar-refractivity contribution in [2.75, 3.05) is 0 Å². The van der Waals surface area contributed by atoms with Gasteiger partial charge in [0.15, 0.2) is 5.82 Å². The maximum Gasteiger partial charge on any atom is 0.225 e. The summed E-state index contributed by atoms with van der Waals surface area (Å²) in [6.45, 7) is 2.96. The number of amides is 1. The monoisotopic (exact) mass is 326 g/mol. The Hall–Kier alpha value is -2.17. The Morgan fingerprint density at radius 1 is 1.21 bits per heavy atom. The number of benzene rings is 1. The lowest BCUT2D eigenvalue weighted by Crippen LogP contribution is -2.17. The summed E-state index contributed by atoms with van der Waals surface area (Å²) in [7, 11) is 0. The van der Waals surface area contributed by atoms with Crippen LogP contribution in [0.2, 0.25) is 0 Å². The molecule has 0 bridgehead atoms. The Kier molecular flexibility index (Phi) is 5.28. The summed E-state index contributed by atoms with van der Waals surface area (Å²) >= 11 is 0. The highest BCUT2D eigenvalue weighted by atomic mass is 16.1. The first kappa shape index (κ1) is 16.7. The highest BCUT2D eigenvalue weighted by Crippen LogP contribution is 2.36. The van der Waals surface area contributed by atoms with E-state index in [4.69, 9.17) is 5.73 Å². The fourth-order valence-corrected chi connectivity index (χ4v) is 3.64. The average molecular weight is 326 g/mol. The van der Waals surface area contributed by atoms with Gasteiger partial charge in [-0.15, -0.1) is 0 Å². The molecular weight excluding hydrogens is 300 g/mol. The lowest BCUT2D eigenvalue weighted by molar-refractivity contribution is -0.117. The van der Waals surface area contributed by atoms with E-state index in [2.05, 4.69) is 29.1 Å². The summed E-state index contributed by atoms with van der Waals surface area (Å²) in [5, 5.41) is 4.56. The number of carbonyl (C=O) groups is 1. The molecule has 0 radical (unpaired) electrons. The maximum atomic E-state index is 11.2. The van der Waals surface area contributed by atoms with Gasteiger partial charge in [0.05, 0.1) is 13.0 Å². The summed E-state index contributed by atoms with van der Waals surface area (Å²) in [6.07, 6.45) is 6.19. The Morgan fingerprint density at radius 3 is 2.54 bits per heavy atom. The molecule has 0 atom stereocenters. The average Bonchev–Trinajstić information content (AvgIpc) is 2.97. The van der Waals surface area contributed by atoms with Crippen LogP contribution in [0.25, 0.3) is 0 Å². The van der Waals surface area contributed by atoms with Crippen molar-refractivity contribution in [3.8, 4) is 0 Å². The number of primary amides is 1. The zero-order valence-corrected chi connectivity index (χ0v) is 14.3. The number of hydrogen-bond acceptors (Lipinski definition) is 3. The summed E-state index contributed by atoms with van der Waals surface area (Å²) < 4.78 is 1.98. The molecule has 0 saturated heterocycles. The number of nitrogens with zero attached hydrogens (tertiary/aromatic N) is 3. The van der Waals surface area contributed by atoms with Crippen molar-refractivity contribution in [2.24, 2.45) is 11.7 Å². The van der Waals surface area contributed by atoms with Crippen LogP contribution < -0.4 is 5.73 Å². The van der Waals surface area contributed by atoms with Gasteiger partial charge in [0, 0.05) is 5.92 Å². The van der Waals surface area contributed by atoms with Crippen molar-refractivity contribution in [1.29, 1.82) is 0 Å². The van der Waals surface area contributed by atoms with Gasteiger partial charge in [-0.3, -0.25) is 4.79 Å². The van der Waals surface area contributed by atoms with Crippen LogP contribution in [0, 0.1) is 5.92 Å². The number of aromatic nitrogens is 3. The molecule has 1 aromatic heterocycles. The van der Waals surface area contributed by atoms with Crippen LogP contribution in [0.1, 0.15) is 62.2 Å². The molecule has 1 saturated carbocycles. The van der Waals surface area contributed by atoms with E-state index in [1.165, 1.54) is 24.8 Å². The third kappa shape index (κ3) is 4.02. The number of carbonyl (C=O) groups excluding carboxylic acids is 1. The Balaban J connectivity index is 1.82. The van der Waals surface area contributed by atoms with Crippen molar-refractivity contribution in [3.63, 3.8) is 0 Å². The number of hydrogen-bond donors (Lipinski definition) is 1. The van der Waals surface area contributed by atoms with E-state index in [0.717, 1.165) is 24.6 Å². The number of rotatable bonds is 6.